The third kappa shape index (κ3) is 3.85. The number of para-hydroxylation sites is 1. The van der Waals surface area contributed by atoms with Gasteiger partial charge in [0.15, 0.2) is 11.9 Å². The van der Waals surface area contributed by atoms with E-state index in [4.69, 9.17) is 4.74 Å². The second-order valence-corrected chi connectivity index (χ2v) is 5.77. The van der Waals surface area contributed by atoms with Gasteiger partial charge in [0.2, 0.25) is 0 Å². The summed E-state index contributed by atoms with van der Waals surface area (Å²) in [6, 6.07) is 9.65. The van der Waals surface area contributed by atoms with Gasteiger partial charge in [-0.3, -0.25) is 4.79 Å². The molecule has 23 heavy (non-hydrogen) atoms. The fourth-order valence-corrected chi connectivity index (χ4v) is 2.83. The van der Waals surface area contributed by atoms with Crippen molar-refractivity contribution in [2.45, 2.75) is 51.3 Å². The molecular weight excluding hydrogens is 294 g/mol. The summed E-state index contributed by atoms with van der Waals surface area (Å²) in [5, 5.41) is 14.7. The average molecular weight is 315 g/mol. The molecule has 1 fully saturated rings. The minimum Gasteiger partial charge on any atom is -0.481 e. The number of nitrogens with one attached hydrogen (secondary N) is 1. The number of hydrogen-bond acceptors (Lipinski definition) is 5. The smallest absolute Gasteiger partial charge is 0.261 e. The Morgan fingerprint density at radius 2 is 2.09 bits per heavy atom. The van der Waals surface area contributed by atoms with Crippen molar-refractivity contribution in [3.63, 3.8) is 0 Å². The topological polar surface area (TPSA) is 81.9 Å². The lowest BCUT2D eigenvalue weighted by molar-refractivity contribution is -0.127. The number of aromatic nitrogens is 4. The number of ether oxygens (including phenoxy) is 1. The number of tetrazole rings is 1. The van der Waals surface area contributed by atoms with E-state index in [-0.39, 0.29) is 5.91 Å². The van der Waals surface area contributed by atoms with Gasteiger partial charge in [-0.15, -0.1) is 5.10 Å². The highest BCUT2D eigenvalue weighted by molar-refractivity contribution is 5.80. The molecule has 0 saturated heterocycles. The minimum atomic E-state index is -0.576. The number of benzene rings is 1. The number of rotatable bonds is 6. The summed E-state index contributed by atoms with van der Waals surface area (Å²) in [5.41, 5.74) is 0. The van der Waals surface area contributed by atoms with Gasteiger partial charge in [0.25, 0.3) is 5.91 Å². The van der Waals surface area contributed by atoms with E-state index in [1.54, 1.807) is 6.92 Å². The van der Waals surface area contributed by atoms with Crippen LogP contribution < -0.4 is 10.1 Å². The van der Waals surface area contributed by atoms with Crippen LogP contribution in [0.25, 0.3) is 0 Å². The number of hydrogen-bond donors (Lipinski definition) is 1. The Bertz CT molecular complexity index is 637. The van der Waals surface area contributed by atoms with E-state index in [1.807, 2.05) is 35.0 Å². The first-order valence-electron chi connectivity index (χ1n) is 8.00. The Balaban J connectivity index is 1.54. The lowest BCUT2D eigenvalue weighted by Gasteiger charge is -2.15. The Labute approximate surface area is 135 Å². The predicted octanol–water partition coefficient (Wildman–Crippen LogP) is 1.87. The molecule has 1 aromatic carbocycles. The maximum absolute atomic E-state index is 12.2. The zero-order chi connectivity index (χ0) is 16.1. The van der Waals surface area contributed by atoms with Crippen LogP contribution in [0, 0.1) is 0 Å². The van der Waals surface area contributed by atoms with Crippen LogP contribution in [0.4, 0.5) is 0 Å². The fraction of sp³-hybridized carbons (Fsp3) is 0.500. The van der Waals surface area contributed by atoms with Gasteiger partial charge in [-0.05, 0) is 42.3 Å². The van der Waals surface area contributed by atoms with Crippen LogP contribution in [0.1, 0.15) is 44.5 Å². The van der Waals surface area contributed by atoms with Gasteiger partial charge in [-0.25, -0.2) is 4.68 Å². The van der Waals surface area contributed by atoms with E-state index < -0.39 is 6.10 Å². The van der Waals surface area contributed by atoms with E-state index in [0.717, 1.165) is 12.8 Å². The Morgan fingerprint density at radius 3 is 2.83 bits per heavy atom. The van der Waals surface area contributed by atoms with Crippen LogP contribution in [0.5, 0.6) is 5.75 Å². The van der Waals surface area contributed by atoms with Gasteiger partial charge in [0.05, 0.1) is 12.6 Å². The van der Waals surface area contributed by atoms with E-state index >= 15 is 0 Å². The highest BCUT2D eigenvalue weighted by Gasteiger charge is 2.22. The maximum atomic E-state index is 12.2. The molecule has 1 aliphatic rings. The number of amides is 1. The quantitative estimate of drug-likeness (QED) is 0.880. The molecular formula is C16H21N5O2. The summed E-state index contributed by atoms with van der Waals surface area (Å²) in [6.45, 7) is 2.03. The molecule has 7 heteroatoms. The first-order valence-corrected chi connectivity index (χ1v) is 8.00. The van der Waals surface area contributed by atoms with Gasteiger partial charge in [-0.1, -0.05) is 31.0 Å². The highest BCUT2D eigenvalue weighted by atomic mass is 16.5. The van der Waals surface area contributed by atoms with Crippen molar-refractivity contribution in [3.8, 4) is 5.75 Å². The van der Waals surface area contributed by atoms with Gasteiger partial charge in [0.1, 0.15) is 5.75 Å². The van der Waals surface area contributed by atoms with Crippen LogP contribution in [0.2, 0.25) is 0 Å². The summed E-state index contributed by atoms with van der Waals surface area (Å²) < 4.78 is 7.45. The summed E-state index contributed by atoms with van der Waals surface area (Å²) in [7, 11) is 0. The summed E-state index contributed by atoms with van der Waals surface area (Å²) in [5.74, 6) is 1.18. The van der Waals surface area contributed by atoms with E-state index in [9.17, 15) is 4.79 Å². The van der Waals surface area contributed by atoms with Crippen LogP contribution >= 0.6 is 0 Å². The van der Waals surface area contributed by atoms with Crippen LogP contribution in [-0.2, 0) is 11.3 Å². The molecule has 1 atom stereocenters. The van der Waals surface area contributed by atoms with Crippen molar-refractivity contribution in [1.82, 2.24) is 25.5 Å². The van der Waals surface area contributed by atoms with Crippen molar-refractivity contribution in [1.29, 1.82) is 0 Å². The van der Waals surface area contributed by atoms with Crippen LogP contribution in [0.15, 0.2) is 30.3 Å². The molecule has 1 N–H and O–H groups in total. The molecule has 1 heterocycles. The normalized spacial score (nSPS) is 16.2. The maximum Gasteiger partial charge on any atom is 0.261 e. The fourth-order valence-electron chi connectivity index (χ4n) is 2.83. The molecule has 2 aromatic rings. The second-order valence-electron chi connectivity index (χ2n) is 5.77. The highest BCUT2D eigenvalue weighted by Crippen LogP contribution is 2.28. The van der Waals surface area contributed by atoms with Gasteiger partial charge in [0, 0.05) is 0 Å². The number of carbonyl (C=O) groups is 1. The first kappa shape index (κ1) is 15.5. The zero-order valence-corrected chi connectivity index (χ0v) is 13.2. The van der Waals surface area contributed by atoms with E-state index in [2.05, 4.69) is 20.8 Å². The number of carbonyl (C=O) groups excluding carboxylic acids is 1. The summed E-state index contributed by atoms with van der Waals surface area (Å²) in [6.07, 6.45) is 4.03. The Kier molecular flexibility index (Phi) is 4.85. The molecule has 0 radical (unpaired) electrons. The average Bonchev–Trinajstić information content (AvgIpc) is 3.24. The lowest BCUT2D eigenvalue weighted by atomic mass is 10.2. The molecule has 0 aliphatic heterocycles. The van der Waals surface area contributed by atoms with Crippen LogP contribution in [-0.4, -0.2) is 32.2 Å². The van der Waals surface area contributed by atoms with Crippen molar-refractivity contribution >= 4 is 5.91 Å². The van der Waals surface area contributed by atoms with Gasteiger partial charge < -0.3 is 10.1 Å². The van der Waals surface area contributed by atoms with Crippen molar-refractivity contribution < 1.29 is 9.53 Å². The second kappa shape index (κ2) is 7.21. The lowest BCUT2D eigenvalue weighted by Crippen LogP contribution is -2.36. The van der Waals surface area contributed by atoms with Gasteiger partial charge in [-0.2, -0.15) is 0 Å². The standard InChI is InChI=1S/C16H21N5O2/c1-12(23-14-9-3-2-4-10-14)16(22)17-11-15-18-19-20-21(15)13-7-5-6-8-13/h2-4,9-10,12-13H,5-8,11H2,1H3,(H,17,22). The Hall–Kier alpha value is -2.44. The molecule has 1 unspecified atom stereocenters. The SMILES string of the molecule is CC(Oc1ccccc1)C(=O)NCc1nnnn1C1CCCC1. The molecule has 1 saturated carbocycles. The van der Waals surface area contributed by atoms with E-state index in [1.165, 1.54) is 12.8 Å². The summed E-state index contributed by atoms with van der Waals surface area (Å²) >= 11 is 0. The van der Waals surface area contributed by atoms with Crippen molar-refractivity contribution in [2.75, 3.05) is 0 Å². The molecule has 0 spiro atoms. The Morgan fingerprint density at radius 1 is 1.35 bits per heavy atom. The molecule has 1 aliphatic carbocycles. The zero-order valence-electron chi connectivity index (χ0n) is 13.2. The predicted molar refractivity (Wildman–Crippen MR) is 83.7 cm³/mol. The van der Waals surface area contributed by atoms with Crippen molar-refractivity contribution in [3.05, 3.63) is 36.2 Å². The summed E-state index contributed by atoms with van der Waals surface area (Å²) in [4.78, 5) is 12.2. The molecule has 3 rings (SSSR count). The monoisotopic (exact) mass is 315 g/mol. The third-order valence-corrected chi connectivity index (χ3v) is 4.08. The van der Waals surface area contributed by atoms with E-state index in [0.29, 0.717) is 24.2 Å². The van der Waals surface area contributed by atoms with Crippen molar-refractivity contribution in [2.24, 2.45) is 0 Å². The third-order valence-electron chi connectivity index (χ3n) is 4.08. The van der Waals surface area contributed by atoms with Crippen LogP contribution in [0.3, 0.4) is 0 Å². The largest absolute Gasteiger partial charge is 0.481 e. The van der Waals surface area contributed by atoms with Gasteiger partial charge >= 0.3 is 0 Å². The first-order chi connectivity index (χ1) is 11.2. The molecule has 7 nitrogen and oxygen atoms in total. The molecule has 1 amide bonds. The molecule has 0 bridgehead atoms. The number of nitrogens with zero attached hydrogens (tertiary/aromatic N) is 4. The molecule has 1 aromatic heterocycles. The minimum absolute atomic E-state index is 0.185. The molecule has 122 valence electrons.